The fourth-order valence-corrected chi connectivity index (χ4v) is 1.89. The summed E-state index contributed by atoms with van der Waals surface area (Å²) in [5.74, 6) is 0. The molecule has 2 heterocycles. The number of aromatic nitrogens is 1. The number of likely N-dealkylation sites (N-methyl/N-ethyl adjacent to an activating group) is 1. The number of alkyl carbamates (subject to hydrolysis) is 1. The summed E-state index contributed by atoms with van der Waals surface area (Å²) in [4.78, 5) is 12.6. The van der Waals surface area contributed by atoms with Crippen molar-refractivity contribution >= 4 is 17.0 Å². The van der Waals surface area contributed by atoms with Crippen LogP contribution >= 0.6 is 0 Å². The van der Waals surface area contributed by atoms with Gasteiger partial charge in [-0.1, -0.05) is 6.04 Å². The van der Waals surface area contributed by atoms with Gasteiger partial charge >= 0.3 is 6.09 Å². The van der Waals surface area contributed by atoms with Crippen LogP contribution in [-0.2, 0) is 17.5 Å². The van der Waals surface area contributed by atoms with E-state index in [1.54, 1.807) is 0 Å². The summed E-state index contributed by atoms with van der Waals surface area (Å²) >= 11 is 0. The monoisotopic (exact) mass is 302 g/mol. The van der Waals surface area contributed by atoms with Crippen molar-refractivity contribution in [1.82, 2.24) is 15.2 Å². The van der Waals surface area contributed by atoms with Crippen molar-refractivity contribution in [2.24, 2.45) is 0 Å². The second-order valence-electron chi connectivity index (χ2n) is 4.32. The Morgan fingerprint density at radius 3 is 3.33 bits per heavy atom. The molecule has 1 aliphatic heterocycles. The van der Waals surface area contributed by atoms with E-state index in [2.05, 4.69) is 4.74 Å². The SMILES string of the molecule is [2H]c1c(C([2H])([2H])[C@@H]2N([2H])C(=O)OC2([2H])[2H])c([2H])c2c(CCN(C([2H])([2H])[2H])C([2H])([2H])[2H])cn([2H])c2c1[2H]. The number of cyclic esters (lactones) is 1. The van der Waals surface area contributed by atoms with Crippen LogP contribution < -0.4 is 5.31 Å². The van der Waals surface area contributed by atoms with Gasteiger partial charge in [0, 0.05) is 34.6 Å². The second kappa shape index (κ2) is 5.77. The molecule has 1 aliphatic rings. The van der Waals surface area contributed by atoms with Crippen molar-refractivity contribution in [2.45, 2.75) is 18.8 Å². The Kier molecular flexibility index (Phi) is 1.30. The lowest BCUT2D eigenvalue weighted by Gasteiger charge is -2.09. The van der Waals surface area contributed by atoms with Gasteiger partial charge in [0.1, 0.15) is 6.56 Å². The predicted octanol–water partition coefficient (Wildman–Crippen LogP) is 1.92. The van der Waals surface area contributed by atoms with Gasteiger partial charge in [0.05, 0.1) is 12.9 Å². The second-order valence-corrected chi connectivity index (χ2v) is 4.32. The smallest absolute Gasteiger partial charge is 0.407 e. The van der Waals surface area contributed by atoms with Crippen molar-refractivity contribution in [1.29, 1.82) is 0 Å². The highest BCUT2D eigenvalue weighted by Gasteiger charge is 2.22. The van der Waals surface area contributed by atoms with Crippen LogP contribution in [0.25, 0.3) is 10.9 Å². The van der Waals surface area contributed by atoms with E-state index in [1.165, 1.54) is 0 Å². The van der Waals surface area contributed by atoms with Gasteiger partial charge in [-0.3, -0.25) is 0 Å². The van der Waals surface area contributed by atoms with Gasteiger partial charge < -0.3 is 19.9 Å². The Bertz CT molecular complexity index is 1190. The zero-order chi connectivity index (χ0) is 27.8. The molecule has 1 atom stereocenters. The summed E-state index contributed by atoms with van der Waals surface area (Å²) < 4.78 is 123. The Morgan fingerprint density at radius 2 is 2.57 bits per heavy atom. The largest absolute Gasteiger partial charge is 0.447 e. The molecule has 0 saturated carbocycles. The van der Waals surface area contributed by atoms with E-state index >= 15 is 0 Å². The number of rotatable bonds is 5. The summed E-state index contributed by atoms with van der Waals surface area (Å²) in [5.41, 5.74) is -1.14. The van der Waals surface area contributed by atoms with E-state index in [1.807, 2.05) is 0 Å². The molecule has 0 spiro atoms. The first kappa shape index (κ1) is 4.74. The van der Waals surface area contributed by atoms with E-state index in [-0.39, 0.29) is 33.1 Å². The zero-order valence-electron chi connectivity index (χ0n) is 25.7. The number of ether oxygens (including phenoxy) is 1. The maximum atomic E-state index is 11.7. The third-order valence-electron chi connectivity index (χ3n) is 2.84. The predicted molar refractivity (Wildman–Crippen MR) is 82.5 cm³/mol. The molecule has 21 heavy (non-hydrogen) atoms. The van der Waals surface area contributed by atoms with Crippen LogP contribution in [-0.4, -0.2) is 49.1 Å². The van der Waals surface area contributed by atoms with Crippen LogP contribution in [0.3, 0.4) is 0 Å². The molecular weight excluding hydrogens is 266 g/mol. The molecule has 0 aliphatic carbocycles. The van der Waals surface area contributed by atoms with Crippen LogP contribution in [0.15, 0.2) is 24.3 Å². The molecule has 1 saturated heterocycles. The van der Waals surface area contributed by atoms with Gasteiger partial charge in [0.25, 0.3) is 0 Å². The molecule has 2 aromatic rings. The fraction of sp³-hybridized carbons (Fsp3) is 0.438. The summed E-state index contributed by atoms with van der Waals surface area (Å²) in [6.45, 7) is -9.63. The number of aromatic amines is 1. The maximum absolute atomic E-state index is 11.7. The first-order valence-electron chi connectivity index (χ1n) is 13.5. The lowest BCUT2D eigenvalue weighted by atomic mass is 10.0. The Labute approximate surface area is 145 Å². The number of H-pyrrole nitrogens is 1. The molecule has 1 amide bonds. The Hall–Kier alpha value is -2.01. The molecular formula is C16H21N3O2. The number of benzene rings is 1. The highest BCUT2D eigenvalue weighted by atomic mass is 16.6. The van der Waals surface area contributed by atoms with Gasteiger partial charge in [-0.05, 0) is 50.0 Å². The normalized spacial score (nSPS) is 33.4. The van der Waals surface area contributed by atoms with Crippen molar-refractivity contribution in [3.8, 4) is 0 Å². The number of carbonyl (C=O) groups excluding carboxylic acids is 1. The number of fused-ring (bicyclic) bond motifs is 1. The van der Waals surface area contributed by atoms with E-state index < -0.39 is 69.3 Å². The van der Waals surface area contributed by atoms with Crippen LogP contribution in [0, 0.1) is 0 Å². The number of hydrogen-bond donors (Lipinski definition) is 2. The van der Waals surface area contributed by atoms with Gasteiger partial charge in [0.2, 0.25) is 0 Å². The first-order valence-corrected chi connectivity index (χ1v) is 6.06. The highest BCUT2D eigenvalue weighted by Crippen LogP contribution is 2.21. The maximum Gasteiger partial charge on any atom is 0.407 e. The fourth-order valence-electron chi connectivity index (χ4n) is 1.89. The number of nitrogens with one attached hydrogen (secondary N) is 2. The van der Waals surface area contributed by atoms with Crippen LogP contribution in [0.2, 0.25) is 2.82 Å². The number of carbonyl (C=O) groups is 1. The standard InChI is InChI=1S/C16H21N3O2/c1-19(2)6-5-12-9-17-15-4-3-11(8-14(12)15)7-13-10-21-16(20)18-13/h3-4,8-9,13,17H,5-7,10H2,1-2H3,(H,18,20)/t13-/m0/s1/i1D3,2D3,3D,4D,7D2,8D,10D2/hD2. The van der Waals surface area contributed by atoms with Crippen molar-refractivity contribution in [2.75, 3.05) is 27.1 Å². The van der Waals surface area contributed by atoms with Gasteiger partial charge in [-0.2, -0.15) is 0 Å². The number of amides is 1. The Morgan fingerprint density at radius 1 is 1.67 bits per heavy atom. The molecule has 2 N–H and O–H groups in total. The highest BCUT2D eigenvalue weighted by molar-refractivity contribution is 5.84. The molecule has 112 valence electrons. The van der Waals surface area contributed by atoms with E-state index in [0.717, 1.165) is 6.20 Å². The van der Waals surface area contributed by atoms with E-state index in [0.29, 0.717) is 4.98 Å². The third kappa shape index (κ3) is 3.19. The Balaban J connectivity index is 2.20. The number of nitrogens with zero attached hydrogens (tertiary/aromatic N) is 1. The average molecular weight is 302 g/mol. The molecule has 1 fully saturated rings. The molecule has 1 aromatic carbocycles. The van der Waals surface area contributed by atoms with Crippen LogP contribution in [0.1, 0.15) is 28.9 Å². The van der Waals surface area contributed by atoms with Crippen molar-refractivity contribution < 1.29 is 30.2 Å². The molecule has 5 nitrogen and oxygen atoms in total. The molecule has 0 bridgehead atoms. The van der Waals surface area contributed by atoms with E-state index in [9.17, 15) is 4.79 Å². The minimum atomic E-state index is -3.10. The number of hydrogen-bond acceptors (Lipinski definition) is 3. The topological polar surface area (TPSA) is 57.4 Å². The average Bonchev–Trinajstić information content (AvgIpc) is 3.10. The first-order chi connectivity index (χ1) is 16.1. The molecule has 0 unspecified atom stereocenters. The van der Waals surface area contributed by atoms with Gasteiger partial charge in [-0.15, -0.1) is 0 Å². The van der Waals surface area contributed by atoms with Crippen LogP contribution in [0.5, 0.6) is 0 Å². The summed E-state index contributed by atoms with van der Waals surface area (Å²) in [6.07, 6.45) is -3.86. The quantitative estimate of drug-likeness (QED) is 0.887. The molecule has 5 heteroatoms. The van der Waals surface area contributed by atoms with Gasteiger partial charge in [0.15, 0.2) is 2.82 Å². The summed E-state index contributed by atoms with van der Waals surface area (Å²) in [6, 6.07) is -4.61. The summed E-state index contributed by atoms with van der Waals surface area (Å²) in [5, 5.41) is -0.336. The minimum Gasteiger partial charge on any atom is -0.447 e. The third-order valence-corrected chi connectivity index (χ3v) is 2.84. The summed E-state index contributed by atoms with van der Waals surface area (Å²) in [7, 11) is 0. The van der Waals surface area contributed by atoms with E-state index in [4.69, 9.17) is 20.6 Å². The molecule has 1 aromatic heterocycles. The zero-order valence-corrected chi connectivity index (χ0v) is 10.7. The van der Waals surface area contributed by atoms with Crippen LogP contribution in [0.4, 0.5) is 4.79 Å². The lowest BCUT2D eigenvalue weighted by molar-refractivity contribution is 0.177. The van der Waals surface area contributed by atoms with Gasteiger partial charge in [-0.25, -0.2) is 4.79 Å². The van der Waals surface area contributed by atoms with Crippen molar-refractivity contribution in [3.05, 3.63) is 35.5 Å². The molecule has 3 rings (SSSR count). The molecule has 0 radical (unpaired) electrons. The van der Waals surface area contributed by atoms with Crippen molar-refractivity contribution in [3.63, 3.8) is 0 Å². The minimum absolute atomic E-state index is 0.0125. The lowest BCUT2D eigenvalue weighted by Crippen LogP contribution is -2.28.